The topological polar surface area (TPSA) is 68.3 Å². The van der Waals surface area contributed by atoms with E-state index < -0.39 is 5.97 Å². The van der Waals surface area contributed by atoms with Crippen molar-refractivity contribution in [3.8, 4) is 11.3 Å². The molecule has 0 radical (unpaired) electrons. The van der Waals surface area contributed by atoms with E-state index in [2.05, 4.69) is 10.3 Å². The second-order valence-electron chi connectivity index (χ2n) is 6.40. The van der Waals surface area contributed by atoms with Crippen molar-refractivity contribution in [1.29, 1.82) is 0 Å². The van der Waals surface area contributed by atoms with Crippen molar-refractivity contribution >= 4 is 28.9 Å². The van der Waals surface area contributed by atoms with Gasteiger partial charge in [-0.15, -0.1) is 11.3 Å². The third-order valence-corrected chi connectivity index (χ3v) is 5.08. The molecule has 0 aliphatic heterocycles. The maximum Gasteiger partial charge on any atom is 0.338 e. The minimum absolute atomic E-state index is 0.155. The first-order valence-electron chi connectivity index (χ1n) is 9.06. The van der Waals surface area contributed by atoms with Crippen LogP contribution in [0.5, 0.6) is 0 Å². The van der Waals surface area contributed by atoms with Crippen LogP contribution in [-0.4, -0.2) is 23.5 Å². The van der Waals surface area contributed by atoms with Gasteiger partial charge in [0.1, 0.15) is 0 Å². The highest BCUT2D eigenvalue weighted by atomic mass is 32.1. The molecule has 0 spiro atoms. The van der Waals surface area contributed by atoms with Gasteiger partial charge in [-0.2, -0.15) is 0 Å². The molecule has 1 aromatic heterocycles. The number of rotatable bonds is 6. The molecule has 5 nitrogen and oxygen atoms in total. The van der Waals surface area contributed by atoms with Crippen LogP contribution in [0.15, 0.2) is 48.5 Å². The Kier molecular flexibility index (Phi) is 6.21. The number of carbonyl (C=O) groups is 2. The van der Waals surface area contributed by atoms with Gasteiger partial charge < -0.3 is 10.1 Å². The molecule has 0 bridgehead atoms. The molecule has 0 atom stereocenters. The SMILES string of the molecule is CCOC(=O)c1cccc(NC(=O)Cc2sc(C)nc2-c2ccc(C)cc2)c1. The van der Waals surface area contributed by atoms with Crippen LogP contribution >= 0.6 is 11.3 Å². The quantitative estimate of drug-likeness (QED) is 0.611. The number of esters is 1. The maximum atomic E-state index is 12.6. The van der Waals surface area contributed by atoms with Crippen LogP contribution in [0.4, 0.5) is 5.69 Å². The predicted molar refractivity (Wildman–Crippen MR) is 112 cm³/mol. The zero-order valence-corrected chi connectivity index (χ0v) is 16.9. The Morgan fingerprint density at radius 3 is 2.57 bits per heavy atom. The zero-order chi connectivity index (χ0) is 20.1. The van der Waals surface area contributed by atoms with Gasteiger partial charge in [-0.25, -0.2) is 9.78 Å². The van der Waals surface area contributed by atoms with Crippen molar-refractivity contribution in [2.24, 2.45) is 0 Å². The van der Waals surface area contributed by atoms with Crippen LogP contribution < -0.4 is 5.32 Å². The zero-order valence-electron chi connectivity index (χ0n) is 16.1. The number of anilines is 1. The first-order valence-corrected chi connectivity index (χ1v) is 9.88. The second-order valence-corrected chi connectivity index (χ2v) is 7.68. The van der Waals surface area contributed by atoms with Crippen molar-refractivity contribution in [3.63, 3.8) is 0 Å². The van der Waals surface area contributed by atoms with Crippen molar-refractivity contribution in [3.05, 3.63) is 69.5 Å². The number of benzene rings is 2. The van der Waals surface area contributed by atoms with Crippen LogP contribution in [0, 0.1) is 13.8 Å². The molecular formula is C22H22N2O3S. The lowest BCUT2D eigenvalue weighted by Gasteiger charge is -2.08. The van der Waals surface area contributed by atoms with Crippen LogP contribution in [0.3, 0.4) is 0 Å². The van der Waals surface area contributed by atoms with Crippen molar-refractivity contribution in [1.82, 2.24) is 4.98 Å². The molecule has 1 N–H and O–H groups in total. The molecule has 0 saturated carbocycles. The molecule has 6 heteroatoms. The van der Waals surface area contributed by atoms with Gasteiger partial charge in [0.15, 0.2) is 0 Å². The summed E-state index contributed by atoms with van der Waals surface area (Å²) in [6, 6.07) is 14.9. The number of ether oxygens (including phenoxy) is 1. The molecule has 1 amide bonds. The van der Waals surface area contributed by atoms with Crippen LogP contribution in [0.1, 0.15) is 32.7 Å². The summed E-state index contributed by atoms with van der Waals surface area (Å²) >= 11 is 1.52. The molecule has 1 heterocycles. The smallest absolute Gasteiger partial charge is 0.338 e. The van der Waals surface area contributed by atoms with E-state index in [1.54, 1.807) is 31.2 Å². The fraction of sp³-hybridized carbons (Fsp3) is 0.227. The van der Waals surface area contributed by atoms with Gasteiger partial charge in [-0.05, 0) is 39.0 Å². The third-order valence-electron chi connectivity index (χ3n) is 4.11. The Hall–Kier alpha value is -2.99. The Bertz CT molecular complexity index is 993. The molecule has 0 aliphatic carbocycles. The average molecular weight is 394 g/mol. The number of carbonyl (C=O) groups excluding carboxylic acids is 2. The van der Waals surface area contributed by atoms with E-state index in [9.17, 15) is 9.59 Å². The lowest BCUT2D eigenvalue weighted by molar-refractivity contribution is -0.115. The molecular weight excluding hydrogens is 372 g/mol. The summed E-state index contributed by atoms with van der Waals surface area (Å²) in [5.74, 6) is -0.559. The number of hydrogen-bond acceptors (Lipinski definition) is 5. The lowest BCUT2D eigenvalue weighted by Crippen LogP contribution is -2.15. The lowest BCUT2D eigenvalue weighted by atomic mass is 10.1. The van der Waals surface area contributed by atoms with Gasteiger partial charge >= 0.3 is 5.97 Å². The van der Waals surface area contributed by atoms with E-state index >= 15 is 0 Å². The summed E-state index contributed by atoms with van der Waals surface area (Å²) in [4.78, 5) is 30.0. The van der Waals surface area contributed by atoms with Crippen molar-refractivity contribution < 1.29 is 14.3 Å². The fourth-order valence-corrected chi connectivity index (χ4v) is 3.77. The highest BCUT2D eigenvalue weighted by Crippen LogP contribution is 2.29. The molecule has 0 aliphatic rings. The summed E-state index contributed by atoms with van der Waals surface area (Å²) < 4.78 is 5.00. The van der Waals surface area contributed by atoms with Gasteiger partial charge in [-0.1, -0.05) is 35.9 Å². The second kappa shape index (κ2) is 8.80. The van der Waals surface area contributed by atoms with Gasteiger partial charge in [-0.3, -0.25) is 4.79 Å². The number of thiazole rings is 1. The van der Waals surface area contributed by atoms with Crippen molar-refractivity contribution in [2.45, 2.75) is 27.2 Å². The summed E-state index contributed by atoms with van der Waals surface area (Å²) in [6.07, 6.45) is 0.221. The molecule has 144 valence electrons. The Morgan fingerprint density at radius 1 is 1.11 bits per heavy atom. The molecule has 0 fully saturated rings. The first kappa shape index (κ1) is 19.8. The molecule has 0 saturated heterocycles. The minimum Gasteiger partial charge on any atom is -0.462 e. The normalized spacial score (nSPS) is 10.5. The summed E-state index contributed by atoms with van der Waals surface area (Å²) in [7, 11) is 0. The highest BCUT2D eigenvalue weighted by Gasteiger charge is 2.15. The van der Waals surface area contributed by atoms with E-state index in [-0.39, 0.29) is 12.3 Å². The monoisotopic (exact) mass is 394 g/mol. The highest BCUT2D eigenvalue weighted by molar-refractivity contribution is 7.12. The van der Waals surface area contributed by atoms with Gasteiger partial charge in [0, 0.05) is 16.1 Å². The fourth-order valence-electron chi connectivity index (χ4n) is 2.82. The number of hydrogen-bond donors (Lipinski definition) is 1. The minimum atomic E-state index is -0.404. The number of nitrogens with zero attached hydrogens (tertiary/aromatic N) is 1. The maximum absolute atomic E-state index is 12.6. The third kappa shape index (κ3) is 4.84. The van der Waals surface area contributed by atoms with E-state index in [0.29, 0.717) is 17.9 Å². The average Bonchev–Trinajstić information content (AvgIpc) is 3.02. The number of aromatic nitrogens is 1. The van der Waals surface area contributed by atoms with E-state index in [0.717, 1.165) is 21.1 Å². The number of amides is 1. The number of nitrogens with one attached hydrogen (secondary N) is 1. The Labute approximate surface area is 168 Å². The Morgan fingerprint density at radius 2 is 1.86 bits per heavy atom. The standard InChI is InChI=1S/C22H22N2O3S/c1-4-27-22(26)17-6-5-7-18(12-17)24-20(25)13-19-21(23-15(3)28-19)16-10-8-14(2)9-11-16/h5-12H,4,13H2,1-3H3,(H,24,25). The molecule has 3 aromatic rings. The predicted octanol–water partition coefficient (Wildman–Crippen LogP) is 4.78. The van der Waals surface area contributed by atoms with Gasteiger partial charge in [0.2, 0.25) is 5.91 Å². The van der Waals surface area contributed by atoms with Crippen molar-refractivity contribution in [2.75, 3.05) is 11.9 Å². The Balaban J connectivity index is 1.75. The van der Waals surface area contributed by atoms with Crippen LogP contribution in [0.25, 0.3) is 11.3 Å². The van der Waals surface area contributed by atoms with Gasteiger partial charge in [0.05, 0.1) is 29.3 Å². The van der Waals surface area contributed by atoms with Gasteiger partial charge in [0.25, 0.3) is 0 Å². The molecule has 0 unspecified atom stereocenters. The van der Waals surface area contributed by atoms with E-state index in [4.69, 9.17) is 4.74 Å². The molecule has 2 aromatic carbocycles. The largest absolute Gasteiger partial charge is 0.462 e. The van der Waals surface area contributed by atoms with E-state index in [1.807, 2.05) is 38.1 Å². The van der Waals surface area contributed by atoms with E-state index in [1.165, 1.54) is 16.9 Å². The first-order chi connectivity index (χ1) is 13.5. The summed E-state index contributed by atoms with van der Waals surface area (Å²) in [5.41, 5.74) is 4.00. The molecule has 28 heavy (non-hydrogen) atoms. The molecule has 3 rings (SSSR count). The number of aryl methyl sites for hydroxylation is 2. The summed E-state index contributed by atoms with van der Waals surface area (Å²) in [5, 5.41) is 3.78. The summed E-state index contributed by atoms with van der Waals surface area (Å²) in [6.45, 7) is 6.04. The van der Waals surface area contributed by atoms with Crippen LogP contribution in [0.2, 0.25) is 0 Å². The van der Waals surface area contributed by atoms with Crippen LogP contribution in [-0.2, 0) is 16.0 Å².